The van der Waals surface area contributed by atoms with Gasteiger partial charge >= 0.3 is 0 Å². The monoisotopic (exact) mass is 254 g/mol. The zero-order valence-electron chi connectivity index (χ0n) is 10.1. The van der Waals surface area contributed by atoms with E-state index in [0.717, 1.165) is 17.9 Å². The lowest BCUT2D eigenvalue weighted by atomic mass is 10.1. The summed E-state index contributed by atoms with van der Waals surface area (Å²) in [5, 5.41) is 13.2. The van der Waals surface area contributed by atoms with E-state index in [1.54, 1.807) is 6.20 Å². The Morgan fingerprint density at radius 3 is 2.94 bits per heavy atom. The van der Waals surface area contributed by atoms with Crippen LogP contribution in [0, 0.1) is 5.92 Å². The van der Waals surface area contributed by atoms with Crippen molar-refractivity contribution in [2.45, 2.75) is 38.3 Å². The largest absolute Gasteiger partial charge is 0.396 e. The summed E-state index contributed by atoms with van der Waals surface area (Å²) in [6.45, 7) is 2.37. The second-order valence-electron chi connectivity index (χ2n) is 4.76. The predicted octanol–water partition coefficient (Wildman–Crippen LogP) is 2.55. The van der Waals surface area contributed by atoms with Crippen molar-refractivity contribution in [3.63, 3.8) is 0 Å². The topological polar surface area (TPSA) is 45.1 Å². The van der Waals surface area contributed by atoms with Crippen LogP contribution >= 0.6 is 11.6 Å². The van der Waals surface area contributed by atoms with Gasteiger partial charge in [0.05, 0.1) is 0 Å². The molecule has 2 unspecified atom stereocenters. The first-order chi connectivity index (χ1) is 8.20. The number of rotatable bonds is 6. The molecule has 1 fully saturated rings. The molecule has 3 nitrogen and oxygen atoms in total. The number of aliphatic hydroxyl groups is 1. The van der Waals surface area contributed by atoms with Crippen LogP contribution in [0.5, 0.6) is 0 Å². The van der Waals surface area contributed by atoms with E-state index in [1.807, 2.05) is 12.1 Å². The number of aromatic nitrogens is 1. The minimum absolute atomic E-state index is 0.243. The molecule has 0 radical (unpaired) electrons. The van der Waals surface area contributed by atoms with Gasteiger partial charge in [0, 0.05) is 24.9 Å². The van der Waals surface area contributed by atoms with Gasteiger partial charge in [-0.25, -0.2) is 4.98 Å². The van der Waals surface area contributed by atoms with Crippen molar-refractivity contribution in [1.29, 1.82) is 0 Å². The van der Waals surface area contributed by atoms with E-state index in [4.69, 9.17) is 16.7 Å². The predicted molar refractivity (Wildman–Crippen MR) is 69.0 cm³/mol. The molecular formula is C13H19ClN2O. The van der Waals surface area contributed by atoms with Crippen LogP contribution in [-0.2, 0) is 0 Å². The molecule has 1 aliphatic rings. The fourth-order valence-corrected chi connectivity index (χ4v) is 2.38. The molecule has 0 saturated heterocycles. The van der Waals surface area contributed by atoms with Crippen molar-refractivity contribution in [2.24, 2.45) is 5.92 Å². The Labute approximate surface area is 107 Å². The number of hydrogen-bond donors (Lipinski definition) is 2. The Morgan fingerprint density at radius 2 is 2.35 bits per heavy atom. The maximum Gasteiger partial charge on any atom is 0.129 e. The minimum atomic E-state index is 0.243. The first kappa shape index (κ1) is 12.8. The highest BCUT2D eigenvalue weighted by molar-refractivity contribution is 6.29. The third-order valence-corrected chi connectivity index (χ3v) is 3.55. The molecule has 2 N–H and O–H groups in total. The smallest absolute Gasteiger partial charge is 0.129 e. The number of nitrogens with one attached hydrogen (secondary N) is 1. The van der Waals surface area contributed by atoms with E-state index in [9.17, 15) is 0 Å². The lowest BCUT2D eigenvalue weighted by Crippen LogP contribution is -2.34. The summed E-state index contributed by atoms with van der Waals surface area (Å²) in [6, 6.07) is 4.53. The van der Waals surface area contributed by atoms with Crippen LogP contribution in [0.25, 0.3) is 0 Å². The maximum atomic E-state index is 9.07. The molecule has 4 heteroatoms. The van der Waals surface area contributed by atoms with Gasteiger partial charge in [-0.2, -0.15) is 0 Å². The highest BCUT2D eigenvalue weighted by atomic mass is 35.5. The summed E-state index contributed by atoms with van der Waals surface area (Å²) in [7, 11) is 0. The molecule has 1 heterocycles. The molecular weight excluding hydrogens is 236 g/mol. The quantitative estimate of drug-likeness (QED) is 0.767. The highest BCUT2D eigenvalue weighted by Crippen LogP contribution is 2.35. The summed E-state index contributed by atoms with van der Waals surface area (Å²) in [5.74, 6) is 0.738. The van der Waals surface area contributed by atoms with Gasteiger partial charge in [0.1, 0.15) is 5.15 Å². The molecule has 17 heavy (non-hydrogen) atoms. The van der Waals surface area contributed by atoms with Gasteiger partial charge < -0.3 is 10.4 Å². The van der Waals surface area contributed by atoms with Crippen molar-refractivity contribution in [3.8, 4) is 0 Å². The van der Waals surface area contributed by atoms with Gasteiger partial charge in [-0.1, -0.05) is 11.6 Å². The highest BCUT2D eigenvalue weighted by Gasteiger charge is 2.31. The molecule has 1 saturated carbocycles. The molecule has 0 bridgehead atoms. The van der Waals surface area contributed by atoms with Crippen molar-refractivity contribution < 1.29 is 5.11 Å². The van der Waals surface area contributed by atoms with Crippen LogP contribution in [0.2, 0.25) is 5.15 Å². The van der Waals surface area contributed by atoms with Gasteiger partial charge in [0.25, 0.3) is 0 Å². The normalized spacial score (nSPS) is 19.0. The Hall–Kier alpha value is -0.640. The fraction of sp³-hybridized carbons (Fsp3) is 0.615. The number of halogens is 1. The third kappa shape index (κ3) is 3.66. The molecule has 0 aromatic carbocycles. The Morgan fingerprint density at radius 1 is 1.59 bits per heavy atom. The first-order valence-electron chi connectivity index (χ1n) is 6.19. The van der Waals surface area contributed by atoms with E-state index in [0.29, 0.717) is 11.2 Å². The van der Waals surface area contributed by atoms with Gasteiger partial charge in [0.15, 0.2) is 0 Å². The zero-order valence-corrected chi connectivity index (χ0v) is 10.8. The van der Waals surface area contributed by atoms with Crippen molar-refractivity contribution >= 4 is 11.6 Å². The van der Waals surface area contributed by atoms with Crippen molar-refractivity contribution in [2.75, 3.05) is 6.61 Å². The maximum absolute atomic E-state index is 9.07. The Bertz CT molecular complexity index is 368. The van der Waals surface area contributed by atoms with E-state index >= 15 is 0 Å². The number of pyridine rings is 1. The number of nitrogens with zero attached hydrogens (tertiary/aromatic N) is 1. The molecule has 0 spiro atoms. The van der Waals surface area contributed by atoms with Crippen LogP contribution in [0.3, 0.4) is 0 Å². The summed E-state index contributed by atoms with van der Waals surface area (Å²) in [5.41, 5.74) is 1.15. The van der Waals surface area contributed by atoms with Crippen LogP contribution in [-0.4, -0.2) is 22.7 Å². The molecule has 94 valence electrons. The molecule has 0 amide bonds. The molecule has 0 aliphatic heterocycles. The van der Waals surface area contributed by atoms with Gasteiger partial charge in [-0.15, -0.1) is 0 Å². The van der Waals surface area contributed by atoms with Gasteiger partial charge in [-0.3, -0.25) is 0 Å². The van der Waals surface area contributed by atoms with Crippen LogP contribution in [0.15, 0.2) is 18.3 Å². The molecule has 2 rings (SSSR count). The standard InChI is InChI=1S/C13H19ClN2O/c1-9(11-4-6-15-13(14)8-11)16-12(5-7-17)10-2-3-10/h4,6,8-10,12,16-17H,2-3,5,7H2,1H3. The van der Waals surface area contributed by atoms with Crippen molar-refractivity contribution in [3.05, 3.63) is 29.0 Å². The minimum Gasteiger partial charge on any atom is -0.396 e. The third-order valence-electron chi connectivity index (χ3n) is 3.35. The average Bonchev–Trinajstić information content (AvgIpc) is 3.12. The van der Waals surface area contributed by atoms with Crippen LogP contribution < -0.4 is 5.32 Å². The van der Waals surface area contributed by atoms with Crippen LogP contribution in [0.1, 0.15) is 37.8 Å². The summed E-state index contributed by atoms with van der Waals surface area (Å²) < 4.78 is 0. The van der Waals surface area contributed by atoms with Crippen molar-refractivity contribution in [1.82, 2.24) is 10.3 Å². The van der Waals surface area contributed by atoms with E-state index in [1.165, 1.54) is 12.8 Å². The fourth-order valence-electron chi connectivity index (χ4n) is 2.20. The summed E-state index contributed by atoms with van der Waals surface area (Å²) in [4.78, 5) is 3.98. The average molecular weight is 255 g/mol. The lowest BCUT2D eigenvalue weighted by molar-refractivity contribution is 0.250. The number of aliphatic hydroxyl groups excluding tert-OH is 1. The summed E-state index contributed by atoms with van der Waals surface area (Å²) in [6.07, 6.45) is 5.12. The SMILES string of the molecule is CC(NC(CCO)C1CC1)c1ccnc(Cl)c1. The number of hydrogen-bond acceptors (Lipinski definition) is 3. The van der Waals surface area contributed by atoms with E-state index in [2.05, 4.69) is 17.2 Å². The van der Waals surface area contributed by atoms with Gasteiger partial charge in [0.2, 0.25) is 0 Å². The Balaban J connectivity index is 1.96. The summed E-state index contributed by atoms with van der Waals surface area (Å²) >= 11 is 5.88. The second kappa shape index (κ2) is 5.80. The van der Waals surface area contributed by atoms with Gasteiger partial charge in [-0.05, 0) is 49.8 Å². The zero-order chi connectivity index (χ0) is 12.3. The molecule has 1 aliphatic carbocycles. The Kier molecular flexibility index (Phi) is 4.37. The van der Waals surface area contributed by atoms with Crippen LogP contribution in [0.4, 0.5) is 0 Å². The van der Waals surface area contributed by atoms with E-state index < -0.39 is 0 Å². The van der Waals surface area contributed by atoms with E-state index in [-0.39, 0.29) is 12.6 Å². The molecule has 2 atom stereocenters. The molecule has 1 aromatic rings. The molecule has 1 aromatic heterocycles. The first-order valence-corrected chi connectivity index (χ1v) is 6.57. The second-order valence-corrected chi connectivity index (χ2v) is 5.14. The lowest BCUT2D eigenvalue weighted by Gasteiger charge is -2.23.